The minimum atomic E-state index is -1.02. The van der Waals surface area contributed by atoms with E-state index in [0.29, 0.717) is 37.4 Å². The Morgan fingerprint density at radius 3 is 2.54 bits per heavy atom. The van der Waals surface area contributed by atoms with Crippen LogP contribution in [0.1, 0.15) is 29.3 Å². The first-order chi connectivity index (χ1) is 16.8. The molecule has 182 valence electrons. The van der Waals surface area contributed by atoms with E-state index in [-0.39, 0.29) is 18.8 Å². The summed E-state index contributed by atoms with van der Waals surface area (Å²) in [6, 6.07) is 15.8. The van der Waals surface area contributed by atoms with Gasteiger partial charge in [0.1, 0.15) is 11.6 Å². The zero-order valence-electron chi connectivity index (χ0n) is 19.0. The van der Waals surface area contributed by atoms with Gasteiger partial charge < -0.3 is 25.4 Å². The van der Waals surface area contributed by atoms with Crippen molar-refractivity contribution in [3.05, 3.63) is 65.0 Å². The molecule has 1 saturated heterocycles. The first-order valence-electron chi connectivity index (χ1n) is 11.2. The maximum atomic E-state index is 13.0. The van der Waals surface area contributed by atoms with Crippen molar-refractivity contribution < 1.29 is 24.2 Å². The van der Waals surface area contributed by atoms with Crippen LogP contribution in [-0.2, 0) is 14.4 Å². The van der Waals surface area contributed by atoms with Crippen LogP contribution in [-0.4, -0.2) is 64.8 Å². The third-order valence-electron chi connectivity index (χ3n) is 5.87. The lowest BCUT2D eigenvalue weighted by atomic mass is 10.1. The lowest BCUT2D eigenvalue weighted by molar-refractivity contribution is -0.159. The zero-order valence-corrected chi connectivity index (χ0v) is 19.8. The molecule has 3 aromatic rings. The molecule has 0 saturated carbocycles. The molecule has 4 rings (SSSR count). The standard InChI is InChI=1S/C25H26N4O5S/c26-23(27)16-6-8-18(9-7-16)34-13-3-10-28-11-12-29(25(33)24(28)32)19(15-22(30)31)21-14-17-4-1-2-5-20(17)35-21/h1-2,4-9,14,19H,3,10-13,15H2,(H3,26,27)(H,30,31). The van der Waals surface area contributed by atoms with Gasteiger partial charge in [-0.25, -0.2) is 0 Å². The molecule has 1 aromatic heterocycles. The number of rotatable bonds is 10. The Morgan fingerprint density at radius 2 is 1.86 bits per heavy atom. The highest BCUT2D eigenvalue weighted by Crippen LogP contribution is 2.35. The number of carbonyl (C=O) groups excluding carboxylic acids is 2. The minimum absolute atomic E-state index is 0.0168. The summed E-state index contributed by atoms with van der Waals surface area (Å²) in [5, 5.41) is 17.9. The summed E-state index contributed by atoms with van der Waals surface area (Å²) in [7, 11) is 0. The Kier molecular flexibility index (Phi) is 7.31. The summed E-state index contributed by atoms with van der Waals surface area (Å²) in [6.45, 7) is 1.31. The number of carboxylic acids is 1. The zero-order chi connectivity index (χ0) is 24.9. The van der Waals surface area contributed by atoms with Crippen LogP contribution in [0, 0.1) is 5.41 Å². The maximum Gasteiger partial charge on any atom is 0.312 e. The largest absolute Gasteiger partial charge is 0.494 e. The second-order valence-corrected chi connectivity index (χ2v) is 9.35. The number of benzene rings is 2. The number of aliphatic carboxylic acids is 1. The van der Waals surface area contributed by atoms with Gasteiger partial charge in [0.25, 0.3) is 0 Å². The number of fused-ring (bicyclic) bond motifs is 1. The highest BCUT2D eigenvalue weighted by Gasteiger charge is 2.38. The SMILES string of the molecule is N=C(N)c1ccc(OCCCN2CCN(C(CC(=O)O)c3cc4ccccc4s3)C(=O)C2=O)cc1. The number of amidine groups is 1. The minimum Gasteiger partial charge on any atom is -0.494 e. The predicted molar refractivity (Wildman–Crippen MR) is 133 cm³/mol. The van der Waals surface area contributed by atoms with Crippen LogP contribution in [0.5, 0.6) is 5.75 Å². The highest BCUT2D eigenvalue weighted by molar-refractivity contribution is 7.19. The first kappa shape index (κ1) is 24.2. The van der Waals surface area contributed by atoms with Crippen molar-refractivity contribution in [3.63, 3.8) is 0 Å². The van der Waals surface area contributed by atoms with E-state index < -0.39 is 23.8 Å². The number of nitrogen functional groups attached to an aromatic ring is 1. The summed E-state index contributed by atoms with van der Waals surface area (Å²) in [5.74, 6) is -1.72. The summed E-state index contributed by atoms with van der Waals surface area (Å²) in [4.78, 5) is 41.0. The van der Waals surface area contributed by atoms with Gasteiger partial charge in [0.15, 0.2) is 0 Å². The van der Waals surface area contributed by atoms with E-state index in [1.165, 1.54) is 21.1 Å². The van der Waals surface area contributed by atoms with Crippen molar-refractivity contribution in [2.75, 3.05) is 26.2 Å². The molecule has 2 amide bonds. The van der Waals surface area contributed by atoms with Gasteiger partial charge in [0.05, 0.1) is 19.1 Å². The first-order valence-corrected chi connectivity index (χ1v) is 12.0. The number of piperazine rings is 1. The molecule has 9 nitrogen and oxygen atoms in total. The molecular formula is C25H26N4O5S. The van der Waals surface area contributed by atoms with E-state index in [1.54, 1.807) is 24.3 Å². The Bertz CT molecular complexity index is 1220. The molecular weight excluding hydrogens is 468 g/mol. The van der Waals surface area contributed by atoms with Crippen LogP contribution in [0.25, 0.3) is 10.1 Å². The molecule has 0 radical (unpaired) electrons. The van der Waals surface area contributed by atoms with Crippen LogP contribution in [0.4, 0.5) is 0 Å². The van der Waals surface area contributed by atoms with Crippen molar-refractivity contribution in [2.24, 2.45) is 5.73 Å². The number of nitrogens with zero attached hydrogens (tertiary/aromatic N) is 2. The van der Waals surface area contributed by atoms with Gasteiger partial charge in [0, 0.05) is 34.8 Å². The second kappa shape index (κ2) is 10.6. The number of nitrogens with one attached hydrogen (secondary N) is 1. The lowest BCUT2D eigenvalue weighted by Crippen LogP contribution is -2.55. The van der Waals surface area contributed by atoms with Crippen molar-refractivity contribution in [1.29, 1.82) is 5.41 Å². The monoisotopic (exact) mass is 494 g/mol. The van der Waals surface area contributed by atoms with Gasteiger partial charge in [-0.05, 0) is 48.2 Å². The molecule has 0 bridgehead atoms. The van der Waals surface area contributed by atoms with Crippen LogP contribution in [0.2, 0.25) is 0 Å². The summed E-state index contributed by atoms with van der Waals surface area (Å²) >= 11 is 1.44. The molecule has 35 heavy (non-hydrogen) atoms. The summed E-state index contributed by atoms with van der Waals surface area (Å²) < 4.78 is 6.68. The Labute approximate surface area is 206 Å². The Morgan fingerprint density at radius 1 is 1.11 bits per heavy atom. The van der Waals surface area contributed by atoms with E-state index in [4.69, 9.17) is 15.9 Å². The number of hydrogen-bond donors (Lipinski definition) is 3. The average molecular weight is 495 g/mol. The fourth-order valence-corrected chi connectivity index (χ4v) is 5.25. The average Bonchev–Trinajstić information content (AvgIpc) is 3.27. The van der Waals surface area contributed by atoms with E-state index in [2.05, 4.69) is 0 Å². The molecule has 1 atom stereocenters. The van der Waals surface area contributed by atoms with Crippen LogP contribution < -0.4 is 10.5 Å². The molecule has 1 aliphatic heterocycles. The molecule has 1 aliphatic rings. The van der Waals surface area contributed by atoms with E-state index in [9.17, 15) is 19.5 Å². The molecule has 2 heterocycles. The van der Waals surface area contributed by atoms with Crippen molar-refractivity contribution >= 4 is 45.0 Å². The van der Waals surface area contributed by atoms with Gasteiger partial charge >= 0.3 is 17.8 Å². The number of ether oxygens (including phenoxy) is 1. The number of carboxylic acid groups (broad SMARTS) is 1. The van der Waals surface area contributed by atoms with Crippen molar-refractivity contribution in [1.82, 2.24) is 9.80 Å². The summed E-state index contributed by atoms with van der Waals surface area (Å²) in [6.07, 6.45) is 0.268. The number of carbonyl (C=O) groups is 3. The normalized spacial score (nSPS) is 14.9. The number of amides is 2. The Balaban J connectivity index is 1.35. The molecule has 0 aliphatic carbocycles. The molecule has 4 N–H and O–H groups in total. The molecule has 10 heteroatoms. The van der Waals surface area contributed by atoms with Gasteiger partial charge in [0.2, 0.25) is 0 Å². The summed E-state index contributed by atoms with van der Waals surface area (Å²) in [5.41, 5.74) is 6.05. The van der Waals surface area contributed by atoms with Gasteiger partial charge in [-0.2, -0.15) is 0 Å². The molecule has 0 spiro atoms. The van der Waals surface area contributed by atoms with Crippen molar-refractivity contribution in [2.45, 2.75) is 18.9 Å². The Hall–Kier alpha value is -3.92. The van der Waals surface area contributed by atoms with Crippen LogP contribution >= 0.6 is 11.3 Å². The highest BCUT2D eigenvalue weighted by atomic mass is 32.1. The molecule has 2 aromatic carbocycles. The van der Waals surface area contributed by atoms with Crippen LogP contribution in [0.3, 0.4) is 0 Å². The van der Waals surface area contributed by atoms with Gasteiger partial charge in [-0.3, -0.25) is 19.8 Å². The second-order valence-electron chi connectivity index (χ2n) is 8.23. The number of hydrogen-bond acceptors (Lipinski definition) is 6. The van der Waals surface area contributed by atoms with E-state index in [0.717, 1.165) is 15.0 Å². The molecule has 1 fully saturated rings. The third-order valence-corrected chi connectivity index (χ3v) is 7.08. The van der Waals surface area contributed by atoms with E-state index in [1.807, 2.05) is 30.3 Å². The topological polar surface area (TPSA) is 137 Å². The van der Waals surface area contributed by atoms with Crippen LogP contribution in [0.15, 0.2) is 54.6 Å². The third kappa shape index (κ3) is 5.60. The fraction of sp³-hybridized carbons (Fsp3) is 0.280. The number of nitrogens with two attached hydrogens (primary N) is 1. The number of thiophene rings is 1. The van der Waals surface area contributed by atoms with E-state index >= 15 is 0 Å². The lowest BCUT2D eigenvalue weighted by Gasteiger charge is -2.37. The fourth-order valence-electron chi connectivity index (χ4n) is 4.07. The predicted octanol–water partition coefficient (Wildman–Crippen LogP) is 2.84. The maximum absolute atomic E-state index is 13.0. The van der Waals surface area contributed by atoms with Gasteiger partial charge in [-0.15, -0.1) is 11.3 Å². The quantitative estimate of drug-likeness (QED) is 0.172. The molecule has 1 unspecified atom stereocenters. The smallest absolute Gasteiger partial charge is 0.312 e. The van der Waals surface area contributed by atoms with Gasteiger partial charge in [-0.1, -0.05) is 18.2 Å². The van der Waals surface area contributed by atoms with Crippen molar-refractivity contribution in [3.8, 4) is 5.75 Å².